The Hall–Kier alpha value is -3.93. The zero-order valence-corrected chi connectivity index (χ0v) is 19.0. The molecular weight excluding hydrogens is 416 g/mol. The number of fused-ring (bicyclic) bond motifs is 2. The highest BCUT2D eigenvalue weighted by atomic mass is 16.4. The molecular formula is C27H26N2O4. The highest BCUT2D eigenvalue weighted by Gasteiger charge is 2.37. The molecule has 1 aliphatic heterocycles. The van der Waals surface area contributed by atoms with E-state index in [2.05, 4.69) is 0 Å². The zero-order valence-electron chi connectivity index (χ0n) is 19.0. The summed E-state index contributed by atoms with van der Waals surface area (Å²) in [5.74, 6) is -0.672. The van der Waals surface area contributed by atoms with Crippen molar-refractivity contribution in [3.05, 3.63) is 77.2 Å². The number of aliphatic carboxylic acids is 1. The standard InChI is InChI=1S/C27H26N2O4/c1-26(2,3)25(32)27(4)11-9-17(18(10-12-27)24(30)31)23-19-7-5-15(28)13-21(19)33-22-14-16(29)6-8-20(22)23/h5-14,28H,29H2,1-4H3,(H,30,31). The maximum Gasteiger partial charge on any atom is 0.336 e. The van der Waals surface area contributed by atoms with Crippen molar-refractivity contribution in [2.45, 2.75) is 27.7 Å². The van der Waals surface area contributed by atoms with Crippen LogP contribution >= 0.6 is 0 Å². The summed E-state index contributed by atoms with van der Waals surface area (Å²) >= 11 is 0. The molecule has 0 fully saturated rings. The Labute approximate surface area is 191 Å². The molecule has 0 spiro atoms. The Kier molecular flexibility index (Phi) is 5.12. The second-order valence-electron chi connectivity index (χ2n) is 9.60. The number of carbonyl (C=O) groups is 2. The summed E-state index contributed by atoms with van der Waals surface area (Å²) in [7, 11) is 0. The first-order valence-corrected chi connectivity index (χ1v) is 10.6. The Bertz CT molecular complexity index is 1430. The fraction of sp³-hybridized carbons (Fsp3) is 0.222. The van der Waals surface area contributed by atoms with Crippen LogP contribution in [0.25, 0.3) is 27.9 Å². The number of carbonyl (C=O) groups excluding carboxylic acids is 1. The van der Waals surface area contributed by atoms with E-state index in [1.165, 1.54) is 6.08 Å². The van der Waals surface area contributed by atoms with Gasteiger partial charge in [0.25, 0.3) is 0 Å². The Morgan fingerprint density at radius 3 is 2.42 bits per heavy atom. The van der Waals surface area contributed by atoms with Crippen LogP contribution in [0.15, 0.2) is 70.7 Å². The summed E-state index contributed by atoms with van der Waals surface area (Å²) < 4.78 is 6.02. The third-order valence-corrected chi connectivity index (χ3v) is 5.90. The number of nitrogens with two attached hydrogens (primary N) is 1. The Morgan fingerprint density at radius 1 is 1.06 bits per heavy atom. The van der Waals surface area contributed by atoms with Gasteiger partial charge in [0.15, 0.2) is 5.78 Å². The first-order chi connectivity index (χ1) is 15.4. The molecule has 1 heterocycles. The van der Waals surface area contributed by atoms with Gasteiger partial charge in [-0.15, -0.1) is 0 Å². The molecule has 0 saturated carbocycles. The van der Waals surface area contributed by atoms with Gasteiger partial charge in [-0.1, -0.05) is 39.0 Å². The van der Waals surface area contributed by atoms with E-state index in [1.54, 1.807) is 61.5 Å². The van der Waals surface area contributed by atoms with Crippen LogP contribution in [-0.4, -0.2) is 16.9 Å². The van der Waals surface area contributed by atoms with E-state index in [-0.39, 0.29) is 16.7 Å². The summed E-state index contributed by atoms with van der Waals surface area (Å²) in [4.78, 5) is 25.5. The summed E-state index contributed by atoms with van der Waals surface area (Å²) in [5, 5.41) is 19.0. The van der Waals surface area contributed by atoms with Crippen LogP contribution in [0.1, 0.15) is 33.3 Å². The molecule has 4 rings (SSSR count). The number of carboxylic acid groups (broad SMARTS) is 1. The van der Waals surface area contributed by atoms with Gasteiger partial charge in [-0.2, -0.15) is 0 Å². The van der Waals surface area contributed by atoms with Gasteiger partial charge in [0.1, 0.15) is 11.3 Å². The lowest BCUT2D eigenvalue weighted by molar-refractivity contribution is -0.132. The smallest absolute Gasteiger partial charge is 0.336 e. The monoisotopic (exact) mass is 442 g/mol. The lowest BCUT2D eigenvalue weighted by atomic mass is 9.73. The molecule has 3 aliphatic rings. The largest absolute Gasteiger partial charge is 0.478 e. The van der Waals surface area contributed by atoms with Crippen LogP contribution < -0.4 is 11.1 Å². The number of carboxylic acids is 1. The van der Waals surface area contributed by atoms with Crippen molar-refractivity contribution in [2.75, 3.05) is 5.73 Å². The molecule has 168 valence electrons. The van der Waals surface area contributed by atoms with Crippen LogP contribution in [-0.2, 0) is 9.59 Å². The number of hydrogen-bond donors (Lipinski definition) is 3. The molecule has 1 aromatic carbocycles. The van der Waals surface area contributed by atoms with Crippen molar-refractivity contribution in [1.29, 1.82) is 5.41 Å². The fourth-order valence-corrected chi connectivity index (χ4v) is 4.31. The number of ketones is 1. The molecule has 33 heavy (non-hydrogen) atoms. The molecule has 1 aromatic rings. The molecule has 0 aromatic heterocycles. The number of nitrogen functional groups attached to an aromatic ring is 1. The number of hydrogen-bond acceptors (Lipinski definition) is 5. The maximum atomic E-state index is 13.2. The number of Topliss-reactive ketones (excluding diaryl/α,β-unsaturated/α-hetero) is 1. The topological polar surface area (TPSA) is 117 Å². The van der Waals surface area contributed by atoms with Crippen LogP contribution in [0.2, 0.25) is 0 Å². The van der Waals surface area contributed by atoms with Crippen molar-refractivity contribution in [3.8, 4) is 11.3 Å². The first-order valence-electron chi connectivity index (χ1n) is 10.6. The molecule has 0 bridgehead atoms. The molecule has 4 N–H and O–H groups in total. The zero-order chi connectivity index (χ0) is 24.1. The number of benzene rings is 2. The molecule has 6 heteroatoms. The number of rotatable bonds is 3. The van der Waals surface area contributed by atoms with E-state index in [1.807, 2.05) is 20.8 Å². The summed E-state index contributed by atoms with van der Waals surface area (Å²) in [6.45, 7) is 7.34. The van der Waals surface area contributed by atoms with Crippen molar-refractivity contribution in [1.82, 2.24) is 0 Å². The van der Waals surface area contributed by atoms with Crippen molar-refractivity contribution in [3.63, 3.8) is 0 Å². The lowest BCUT2D eigenvalue weighted by Crippen LogP contribution is -2.34. The van der Waals surface area contributed by atoms with Crippen LogP contribution in [0.5, 0.6) is 0 Å². The minimum atomic E-state index is -1.10. The summed E-state index contributed by atoms with van der Waals surface area (Å²) in [6.07, 6.45) is 6.65. The van der Waals surface area contributed by atoms with E-state index in [9.17, 15) is 14.7 Å². The summed E-state index contributed by atoms with van der Waals surface area (Å²) in [5.41, 5.74) is 7.22. The van der Waals surface area contributed by atoms with Gasteiger partial charge in [-0.25, -0.2) is 4.79 Å². The van der Waals surface area contributed by atoms with E-state index in [0.29, 0.717) is 39.1 Å². The maximum absolute atomic E-state index is 13.2. The molecule has 0 amide bonds. The third kappa shape index (κ3) is 3.89. The van der Waals surface area contributed by atoms with Gasteiger partial charge in [0.2, 0.25) is 0 Å². The number of allylic oxidation sites excluding steroid dienone is 4. The van der Waals surface area contributed by atoms with E-state index < -0.39 is 16.8 Å². The highest BCUT2D eigenvalue weighted by Crippen LogP contribution is 2.42. The SMILES string of the molecule is CC(C)(C)C(=O)C1(C)C=CC(C(=O)O)=C(c2c3ccc(=N)cc-3oc3cc(N)ccc23)C=C1. The number of anilines is 1. The average molecular weight is 443 g/mol. The van der Waals surface area contributed by atoms with E-state index in [0.717, 1.165) is 0 Å². The van der Waals surface area contributed by atoms with Gasteiger partial charge < -0.3 is 20.7 Å². The van der Waals surface area contributed by atoms with Crippen molar-refractivity contribution >= 4 is 34.0 Å². The minimum absolute atomic E-state index is 0.0158. The predicted octanol–water partition coefficient (Wildman–Crippen LogP) is 5.18. The molecule has 1 atom stereocenters. The van der Waals surface area contributed by atoms with E-state index >= 15 is 0 Å². The Morgan fingerprint density at radius 2 is 1.76 bits per heavy atom. The molecule has 6 nitrogen and oxygen atoms in total. The third-order valence-electron chi connectivity index (χ3n) is 5.90. The van der Waals surface area contributed by atoms with Gasteiger partial charge in [0, 0.05) is 39.7 Å². The quantitative estimate of drug-likeness (QED) is 0.381. The van der Waals surface area contributed by atoms with E-state index in [4.69, 9.17) is 15.6 Å². The molecule has 2 aliphatic carbocycles. The van der Waals surface area contributed by atoms with Crippen molar-refractivity contribution in [2.24, 2.45) is 10.8 Å². The van der Waals surface area contributed by atoms with Gasteiger partial charge in [-0.05, 0) is 42.8 Å². The predicted molar refractivity (Wildman–Crippen MR) is 129 cm³/mol. The fourth-order valence-electron chi connectivity index (χ4n) is 4.31. The normalized spacial score (nSPS) is 18.7. The lowest BCUT2D eigenvalue weighted by Gasteiger charge is -2.28. The van der Waals surface area contributed by atoms with Gasteiger partial charge in [0.05, 0.1) is 16.3 Å². The van der Waals surface area contributed by atoms with Gasteiger partial charge >= 0.3 is 5.97 Å². The summed E-state index contributed by atoms with van der Waals surface area (Å²) in [6, 6.07) is 10.2. The Balaban J connectivity index is 2.08. The van der Waals surface area contributed by atoms with Crippen LogP contribution in [0.4, 0.5) is 5.69 Å². The average Bonchev–Trinajstić information content (AvgIpc) is 2.90. The number of nitrogens with one attached hydrogen (secondary N) is 1. The second-order valence-corrected chi connectivity index (χ2v) is 9.60. The van der Waals surface area contributed by atoms with Crippen LogP contribution in [0.3, 0.4) is 0 Å². The minimum Gasteiger partial charge on any atom is -0.478 e. The molecule has 1 unspecified atom stereocenters. The highest BCUT2D eigenvalue weighted by molar-refractivity contribution is 6.10. The first kappa shape index (κ1) is 22.3. The van der Waals surface area contributed by atoms with Crippen LogP contribution in [0, 0.1) is 16.2 Å². The van der Waals surface area contributed by atoms with Gasteiger partial charge in [-0.3, -0.25) is 4.79 Å². The second kappa shape index (κ2) is 7.59. The molecule has 0 saturated heterocycles. The van der Waals surface area contributed by atoms with Crippen molar-refractivity contribution < 1.29 is 19.1 Å². The molecule has 0 radical (unpaired) electrons.